The van der Waals surface area contributed by atoms with Gasteiger partial charge in [-0.25, -0.2) is 0 Å². The van der Waals surface area contributed by atoms with Crippen LogP contribution in [0, 0.1) is 11.8 Å². The molecule has 28 heavy (non-hydrogen) atoms. The molecule has 152 valence electrons. The van der Waals surface area contributed by atoms with Crippen LogP contribution in [0.25, 0.3) is 0 Å². The van der Waals surface area contributed by atoms with E-state index >= 15 is 0 Å². The fourth-order valence-electron chi connectivity index (χ4n) is 4.01. The van der Waals surface area contributed by atoms with Crippen LogP contribution in [0.5, 0.6) is 0 Å². The summed E-state index contributed by atoms with van der Waals surface area (Å²) < 4.78 is 32.1. The second kappa shape index (κ2) is 7.09. The predicted octanol–water partition coefficient (Wildman–Crippen LogP) is -0.856. The molecule has 4 amide bonds. The predicted molar refractivity (Wildman–Crippen MR) is 89.7 cm³/mol. The highest BCUT2D eigenvalue weighted by Gasteiger charge is 2.53. The molecule has 0 spiro atoms. The van der Waals surface area contributed by atoms with Crippen molar-refractivity contribution in [3.05, 3.63) is 12.2 Å². The first kappa shape index (κ1) is 20.1. The van der Waals surface area contributed by atoms with Gasteiger partial charge in [-0.05, 0) is 31.6 Å². The molecule has 0 aromatic carbocycles. The number of nitrogens with zero attached hydrogens (tertiary/aromatic N) is 2. The Bertz CT molecular complexity index is 868. The van der Waals surface area contributed by atoms with Crippen molar-refractivity contribution in [1.82, 2.24) is 9.80 Å². The smallest absolute Gasteiger partial charge is 0.306 e. The van der Waals surface area contributed by atoms with Crippen LogP contribution in [0.15, 0.2) is 12.2 Å². The monoisotopic (exact) mass is 414 g/mol. The first-order chi connectivity index (χ1) is 13.0. The maximum absolute atomic E-state index is 12.6. The quantitative estimate of drug-likeness (QED) is 0.430. The molecule has 3 aliphatic rings. The van der Waals surface area contributed by atoms with Crippen LogP contribution in [0.3, 0.4) is 0 Å². The van der Waals surface area contributed by atoms with Crippen LogP contribution < -0.4 is 0 Å². The molecule has 2 fully saturated rings. The lowest BCUT2D eigenvalue weighted by Gasteiger charge is -2.40. The largest absolute Gasteiger partial charge is 0.481 e. The summed E-state index contributed by atoms with van der Waals surface area (Å²) in [4.78, 5) is 61.9. The minimum atomic E-state index is -4.85. The minimum absolute atomic E-state index is 0.215. The second-order valence-corrected chi connectivity index (χ2v) is 8.65. The van der Waals surface area contributed by atoms with Gasteiger partial charge in [0.25, 0.3) is 27.8 Å². The molecule has 1 saturated carbocycles. The number of imide groups is 2. The number of hydrogen-bond acceptors (Lipinski definition) is 7. The van der Waals surface area contributed by atoms with Crippen molar-refractivity contribution in [3.8, 4) is 0 Å². The molecular formula is C16H18N2O9S. The van der Waals surface area contributed by atoms with Gasteiger partial charge in [-0.3, -0.25) is 38.3 Å². The molecular weight excluding hydrogens is 396 g/mol. The van der Waals surface area contributed by atoms with Crippen molar-refractivity contribution in [3.63, 3.8) is 0 Å². The van der Waals surface area contributed by atoms with Gasteiger partial charge in [-0.1, -0.05) is 0 Å². The van der Waals surface area contributed by atoms with Crippen molar-refractivity contribution < 1.29 is 42.0 Å². The third kappa shape index (κ3) is 3.44. The first-order valence-corrected chi connectivity index (χ1v) is 10.1. The Morgan fingerprint density at radius 1 is 1.00 bits per heavy atom. The summed E-state index contributed by atoms with van der Waals surface area (Å²) in [6.45, 7) is 0. The van der Waals surface area contributed by atoms with Gasteiger partial charge < -0.3 is 5.11 Å². The zero-order chi connectivity index (χ0) is 20.8. The molecule has 2 atom stereocenters. The summed E-state index contributed by atoms with van der Waals surface area (Å²) >= 11 is 0. The zero-order valence-electron chi connectivity index (χ0n) is 14.6. The van der Waals surface area contributed by atoms with Gasteiger partial charge in [-0.15, -0.1) is 0 Å². The Labute approximate surface area is 159 Å². The lowest BCUT2D eigenvalue weighted by atomic mass is 9.79. The van der Waals surface area contributed by atoms with Gasteiger partial charge in [0.15, 0.2) is 5.25 Å². The maximum Gasteiger partial charge on any atom is 0.306 e. The number of carboxylic acid groups (broad SMARTS) is 1. The summed E-state index contributed by atoms with van der Waals surface area (Å²) in [6.07, 6.45) is 0.667. The maximum atomic E-state index is 12.6. The summed E-state index contributed by atoms with van der Waals surface area (Å²) in [5.41, 5.74) is 0. The number of hydrogen-bond donors (Lipinski definition) is 2. The number of amides is 4. The van der Waals surface area contributed by atoms with Crippen molar-refractivity contribution in [2.45, 2.75) is 43.5 Å². The Morgan fingerprint density at radius 2 is 1.54 bits per heavy atom. The Morgan fingerprint density at radius 3 is 1.96 bits per heavy atom. The summed E-state index contributed by atoms with van der Waals surface area (Å²) in [5.74, 6) is -5.84. The molecule has 2 N–H and O–H groups in total. The number of aliphatic carboxylic acids is 1. The molecule has 1 aliphatic carbocycles. The van der Waals surface area contributed by atoms with E-state index in [1.807, 2.05) is 0 Å². The number of rotatable bonds is 5. The third-order valence-electron chi connectivity index (χ3n) is 5.42. The highest BCUT2D eigenvalue weighted by atomic mass is 32.2. The van der Waals surface area contributed by atoms with E-state index in [1.54, 1.807) is 0 Å². The van der Waals surface area contributed by atoms with Crippen LogP contribution >= 0.6 is 0 Å². The van der Waals surface area contributed by atoms with E-state index in [2.05, 4.69) is 0 Å². The van der Waals surface area contributed by atoms with Crippen LogP contribution in [0.1, 0.15) is 32.1 Å². The van der Waals surface area contributed by atoms with Gasteiger partial charge >= 0.3 is 5.97 Å². The fraction of sp³-hybridized carbons (Fsp3) is 0.562. The average Bonchev–Trinajstić information content (AvgIpc) is 3.10. The van der Waals surface area contributed by atoms with E-state index in [0.717, 1.165) is 12.2 Å². The standard InChI is InChI=1S/C16H18N2O9S/c19-11-5-6-12(20)17(11)14(8-1-3-9(4-2-8)16(23)24)18-13(21)7-10(15(18)22)28(25,26)27/h5-6,8-10,14H,1-4,7H2,(H,23,24)(H,25,26,27). The summed E-state index contributed by atoms with van der Waals surface area (Å²) in [6, 6.07) is 0. The summed E-state index contributed by atoms with van der Waals surface area (Å²) in [7, 11) is -4.85. The van der Waals surface area contributed by atoms with Crippen LogP contribution in [0.2, 0.25) is 0 Å². The fourth-order valence-corrected chi connectivity index (χ4v) is 4.73. The number of likely N-dealkylation sites (tertiary alicyclic amines) is 1. The number of carbonyl (C=O) groups excluding carboxylic acids is 4. The van der Waals surface area contributed by atoms with Crippen molar-refractivity contribution in [2.75, 3.05) is 0 Å². The molecule has 0 aromatic rings. The lowest BCUT2D eigenvalue weighted by Crippen LogP contribution is -2.58. The molecule has 2 aliphatic heterocycles. The van der Waals surface area contributed by atoms with Gasteiger partial charge in [0.1, 0.15) is 6.17 Å². The molecule has 11 nitrogen and oxygen atoms in total. The normalized spacial score (nSPS) is 29.7. The molecule has 0 aromatic heterocycles. The molecule has 1 saturated heterocycles. The van der Waals surface area contributed by atoms with E-state index in [0.29, 0.717) is 9.80 Å². The molecule has 0 radical (unpaired) electrons. The molecule has 2 unspecified atom stereocenters. The van der Waals surface area contributed by atoms with Gasteiger partial charge in [-0.2, -0.15) is 8.42 Å². The van der Waals surface area contributed by atoms with E-state index in [9.17, 15) is 36.9 Å². The highest BCUT2D eigenvalue weighted by molar-refractivity contribution is 7.87. The van der Waals surface area contributed by atoms with Crippen LogP contribution in [0.4, 0.5) is 0 Å². The SMILES string of the molecule is O=C(O)C1CCC(C(N2C(=O)C=CC2=O)N2C(=O)CC(S(=O)(=O)O)C2=O)CC1. The lowest BCUT2D eigenvalue weighted by molar-refractivity contribution is -0.158. The first-order valence-electron chi connectivity index (χ1n) is 8.62. The number of carbonyl (C=O) groups is 5. The van der Waals surface area contributed by atoms with E-state index in [-0.39, 0.29) is 25.7 Å². The van der Waals surface area contributed by atoms with Gasteiger partial charge in [0, 0.05) is 12.2 Å². The molecule has 3 rings (SSSR count). The average molecular weight is 414 g/mol. The van der Waals surface area contributed by atoms with Crippen molar-refractivity contribution >= 4 is 39.7 Å². The molecule has 2 heterocycles. The topological polar surface area (TPSA) is 166 Å². The van der Waals surface area contributed by atoms with E-state index in [1.165, 1.54) is 0 Å². The van der Waals surface area contributed by atoms with Crippen molar-refractivity contribution in [1.29, 1.82) is 0 Å². The van der Waals surface area contributed by atoms with Crippen molar-refractivity contribution in [2.24, 2.45) is 11.8 Å². The Hall–Kier alpha value is -2.60. The second-order valence-electron chi connectivity index (χ2n) is 7.05. The number of carboxylic acids is 1. The highest BCUT2D eigenvalue weighted by Crippen LogP contribution is 2.37. The van der Waals surface area contributed by atoms with Crippen LogP contribution in [-0.2, 0) is 34.1 Å². The Kier molecular flexibility index (Phi) is 5.10. The van der Waals surface area contributed by atoms with Gasteiger partial charge in [0.2, 0.25) is 5.91 Å². The van der Waals surface area contributed by atoms with E-state index in [4.69, 9.17) is 5.11 Å². The third-order valence-corrected chi connectivity index (χ3v) is 6.50. The minimum Gasteiger partial charge on any atom is -0.481 e. The Balaban J connectivity index is 1.95. The van der Waals surface area contributed by atoms with Gasteiger partial charge in [0.05, 0.1) is 12.3 Å². The van der Waals surface area contributed by atoms with E-state index < -0.39 is 69.4 Å². The molecule has 0 bridgehead atoms. The van der Waals surface area contributed by atoms with Crippen LogP contribution in [-0.4, -0.2) is 68.9 Å². The zero-order valence-corrected chi connectivity index (χ0v) is 15.4. The summed E-state index contributed by atoms with van der Waals surface area (Å²) in [5, 5.41) is 7.15. The molecule has 12 heteroatoms.